The smallest absolute Gasteiger partial charge is 0.462 e. The van der Waals surface area contributed by atoms with Gasteiger partial charge in [-0.25, -0.2) is 17.9 Å². The Morgan fingerprint density at radius 2 is 1.73 bits per heavy atom. The van der Waals surface area contributed by atoms with Crippen LogP contribution in [0.4, 0.5) is 10.5 Å². The molecule has 0 bridgehead atoms. The number of hydrogen-bond donors (Lipinski definition) is 5. The molecule has 204 valence electrons. The normalized spacial score (nSPS) is 12.9. The Balaban J connectivity index is 1.88. The minimum absolute atomic E-state index is 0.0371. The van der Waals surface area contributed by atoms with Crippen molar-refractivity contribution in [1.29, 1.82) is 0 Å². The molecular weight excluding hydrogens is 506 g/mol. The SMILES string of the molecule is CN(C)c1cccc2c(S(=O)(=O)NCCOC(=O)OCC(C)(CO)C(=O)OCC[NH+]=C(N)N)cccc12. The number of rotatable bonds is 13. The molecule has 14 heteroatoms. The quantitative estimate of drug-likeness (QED) is 0.0834. The lowest BCUT2D eigenvalue weighted by Crippen LogP contribution is -2.79. The van der Waals surface area contributed by atoms with E-state index in [0.29, 0.717) is 5.39 Å². The molecule has 0 aliphatic heterocycles. The minimum Gasteiger partial charge on any atom is -0.462 e. The van der Waals surface area contributed by atoms with Crippen LogP contribution in [-0.2, 0) is 29.0 Å². The van der Waals surface area contributed by atoms with Gasteiger partial charge in [0.15, 0.2) is 0 Å². The van der Waals surface area contributed by atoms with Gasteiger partial charge in [-0.1, -0.05) is 24.3 Å². The summed E-state index contributed by atoms with van der Waals surface area (Å²) in [6.45, 7) is -0.287. The molecule has 37 heavy (non-hydrogen) atoms. The largest absolute Gasteiger partial charge is 0.508 e. The van der Waals surface area contributed by atoms with Crippen molar-refractivity contribution in [3.8, 4) is 0 Å². The van der Waals surface area contributed by atoms with Crippen LogP contribution in [-0.4, -0.2) is 85.2 Å². The Morgan fingerprint density at radius 1 is 1.05 bits per heavy atom. The van der Waals surface area contributed by atoms with E-state index in [2.05, 4.69) is 9.71 Å². The fraction of sp³-hybridized carbons (Fsp3) is 0.435. The molecule has 0 heterocycles. The van der Waals surface area contributed by atoms with E-state index in [1.165, 1.54) is 13.0 Å². The van der Waals surface area contributed by atoms with E-state index in [9.17, 15) is 23.1 Å². The Kier molecular flexibility index (Phi) is 10.5. The van der Waals surface area contributed by atoms with E-state index < -0.39 is 40.8 Å². The number of benzene rings is 2. The second-order valence-corrected chi connectivity index (χ2v) is 10.3. The van der Waals surface area contributed by atoms with Gasteiger partial charge < -0.3 is 24.2 Å². The summed E-state index contributed by atoms with van der Waals surface area (Å²) in [6, 6.07) is 10.4. The molecule has 1 unspecified atom stereocenters. The van der Waals surface area contributed by atoms with Crippen molar-refractivity contribution in [2.75, 3.05) is 58.5 Å². The first-order valence-corrected chi connectivity index (χ1v) is 12.8. The number of hydrogen-bond acceptors (Lipinski definition) is 9. The summed E-state index contributed by atoms with van der Waals surface area (Å²) >= 11 is 0. The molecule has 0 spiro atoms. The fourth-order valence-corrected chi connectivity index (χ4v) is 4.45. The third kappa shape index (κ3) is 8.20. The number of fused-ring (bicyclic) bond motifs is 1. The van der Waals surface area contributed by atoms with Gasteiger partial charge >= 0.3 is 18.1 Å². The molecule has 13 nitrogen and oxygen atoms in total. The number of guanidine groups is 1. The number of carbonyl (C=O) groups excluding carboxylic acids is 2. The molecule has 1 atom stereocenters. The van der Waals surface area contributed by atoms with Crippen LogP contribution in [0, 0.1) is 5.41 Å². The summed E-state index contributed by atoms with van der Waals surface area (Å²) in [6.07, 6.45) is -1.14. The number of esters is 1. The van der Waals surface area contributed by atoms with Gasteiger partial charge in [0, 0.05) is 37.1 Å². The van der Waals surface area contributed by atoms with Crippen LogP contribution in [0.1, 0.15) is 6.92 Å². The van der Waals surface area contributed by atoms with E-state index in [1.54, 1.807) is 18.2 Å². The van der Waals surface area contributed by atoms with Crippen molar-refractivity contribution in [2.45, 2.75) is 11.8 Å². The predicted molar refractivity (Wildman–Crippen MR) is 136 cm³/mol. The Hall–Kier alpha value is -3.62. The maximum Gasteiger partial charge on any atom is 0.508 e. The Morgan fingerprint density at radius 3 is 2.38 bits per heavy atom. The van der Waals surface area contributed by atoms with Gasteiger partial charge in [0.05, 0.1) is 18.0 Å². The third-order valence-electron chi connectivity index (χ3n) is 5.26. The Bertz CT molecular complexity index is 1230. The highest BCUT2D eigenvalue weighted by atomic mass is 32.2. The number of aliphatic hydroxyl groups excluding tert-OH is 1. The first kappa shape index (κ1) is 29.6. The number of anilines is 1. The van der Waals surface area contributed by atoms with Crippen LogP contribution >= 0.6 is 0 Å². The van der Waals surface area contributed by atoms with E-state index >= 15 is 0 Å². The van der Waals surface area contributed by atoms with Gasteiger partial charge in [0.1, 0.15) is 25.2 Å². The van der Waals surface area contributed by atoms with E-state index in [1.807, 2.05) is 31.1 Å². The molecule has 0 fully saturated rings. The van der Waals surface area contributed by atoms with Crippen molar-refractivity contribution in [3.05, 3.63) is 36.4 Å². The highest BCUT2D eigenvalue weighted by Crippen LogP contribution is 2.30. The van der Waals surface area contributed by atoms with E-state index in [4.69, 9.17) is 25.7 Å². The molecule has 2 rings (SSSR count). The second-order valence-electron chi connectivity index (χ2n) is 8.54. The van der Waals surface area contributed by atoms with Crippen LogP contribution in [0.25, 0.3) is 10.8 Å². The summed E-state index contributed by atoms with van der Waals surface area (Å²) in [4.78, 5) is 28.7. The molecule has 0 aromatic heterocycles. The highest BCUT2D eigenvalue weighted by Gasteiger charge is 2.36. The van der Waals surface area contributed by atoms with Crippen LogP contribution in [0.3, 0.4) is 0 Å². The molecular formula is C23H34N5O8S+. The van der Waals surface area contributed by atoms with Crippen molar-refractivity contribution in [3.63, 3.8) is 0 Å². The molecule has 0 saturated carbocycles. The number of nitrogens with one attached hydrogen (secondary N) is 2. The number of nitrogens with two attached hydrogens (primary N) is 2. The maximum atomic E-state index is 12.9. The zero-order valence-corrected chi connectivity index (χ0v) is 21.8. The second kappa shape index (κ2) is 13.1. The summed E-state index contributed by atoms with van der Waals surface area (Å²) in [5.41, 5.74) is 9.81. The van der Waals surface area contributed by atoms with Crippen LogP contribution in [0.5, 0.6) is 0 Å². The first-order chi connectivity index (χ1) is 17.4. The summed E-state index contributed by atoms with van der Waals surface area (Å²) in [5.74, 6) is -0.842. The van der Waals surface area contributed by atoms with Crippen molar-refractivity contribution >= 4 is 44.6 Å². The minimum atomic E-state index is -3.91. The molecule has 2 aromatic carbocycles. The third-order valence-corrected chi connectivity index (χ3v) is 6.78. The van der Waals surface area contributed by atoms with Gasteiger partial charge in [0.2, 0.25) is 10.0 Å². The van der Waals surface area contributed by atoms with Crippen LogP contribution in [0.15, 0.2) is 41.3 Å². The number of nitrogens with zero attached hydrogens (tertiary/aromatic N) is 1. The van der Waals surface area contributed by atoms with E-state index in [-0.39, 0.29) is 37.2 Å². The van der Waals surface area contributed by atoms with E-state index in [0.717, 1.165) is 11.1 Å². The molecule has 0 saturated heterocycles. The van der Waals surface area contributed by atoms with Gasteiger partial charge in [0.25, 0.3) is 0 Å². The Labute approximate surface area is 215 Å². The molecule has 0 amide bonds. The molecule has 2 aromatic rings. The average Bonchev–Trinajstić information content (AvgIpc) is 2.86. The zero-order valence-electron chi connectivity index (χ0n) is 21.0. The lowest BCUT2D eigenvalue weighted by Gasteiger charge is -2.24. The van der Waals surface area contributed by atoms with Gasteiger partial charge in [-0.3, -0.25) is 21.3 Å². The monoisotopic (exact) mass is 540 g/mol. The number of carbonyl (C=O) groups is 2. The number of sulfonamides is 1. The van der Waals surface area contributed by atoms with Crippen LogP contribution < -0.4 is 26.1 Å². The lowest BCUT2D eigenvalue weighted by molar-refractivity contribution is -0.462. The van der Waals surface area contributed by atoms with Gasteiger partial charge in [-0.15, -0.1) is 0 Å². The molecule has 0 aliphatic carbocycles. The van der Waals surface area contributed by atoms with Crippen LogP contribution in [0.2, 0.25) is 0 Å². The van der Waals surface area contributed by atoms with Crippen molar-refractivity contribution in [1.82, 2.24) is 4.72 Å². The lowest BCUT2D eigenvalue weighted by atomic mass is 9.93. The van der Waals surface area contributed by atoms with Gasteiger partial charge in [-0.2, -0.15) is 0 Å². The molecule has 0 aliphatic rings. The average molecular weight is 541 g/mol. The maximum absolute atomic E-state index is 12.9. The molecule has 0 radical (unpaired) electrons. The van der Waals surface area contributed by atoms with Gasteiger partial charge in [-0.05, 0) is 19.1 Å². The topological polar surface area (TPSA) is 197 Å². The standard InChI is InChI=1S/C23H33N5O8S/c1-23(14-29,20(30)34-12-10-26-21(24)25)15-36-22(31)35-13-11-27-37(32,33)19-9-5-6-16-17(19)7-4-8-18(16)28(2)3/h4-9,27,29H,10-15H2,1-3H3,(H4,24,25,26)/p+1. The zero-order chi connectivity index (χ0) is 27.6. The number of ether oxygens (including phenoxy) is 3. The summed E-state index contributed by atoms with van der Waals surface area (Å²) in [7, 11) is -0.176. The fourth-order valence-electron chi connectivity index (χ4n) is 3.22. The number of aliphatic hydroxyl groups is 1. The molecule has 7 N–H and O–H groups in total. The summed E-state index contributed by atoms with van der Waals surface area (Å²) < 4.78 is 43.0. The first-order valence-electron chi connectivity index (χ1n) is 11.3. The predicted octanol–water partition coefficient (Wildman–Crippen LogP) is -1.77. The highest BCUT2D eigenvalue weighted by molar-refractivity contribution is 7.89. The summed E-state index contributed by atoms with van der Waals surface area (Å²) in [5, 5.41) is 10.9. The van der Waals surface area contributed by atoms with Crippen molar-refractivity contribution in [2.24, 2.45) is 16.9 Å². The van der Waals surface area contributed by atoms with Crippen molar-refractivity contribution < 1.29 is 42.3 Å².